The van der Waals surface area contributed by atoms with Crippen LogP contribution in [-0.2, 0) is 0 Å². The summed E-state index contributed by atoms with van der Waals surface area (Å²) < 4.78 is 2.35. The number of alkyl halides is 1. The summed E-state index contributed by atoms with van der Waals surface area (Å²) in [7, 11) is 0. The summed E-state index contributed by atoms with van der Waals surface area (Å²) in [6.45, 7) is 1.99. The van der Waals surface area contributed by atoms with Crippen LogP contribution in [0.15, 0.2) is 18.2 Å². The van der Waals surface area contributed by atoms with E-state index < -0.39 is 0 Å². The lowest BCUT2D eigenvalue weighted by atomic mass is 10.1. The third kappa shape index (κ3) is 2.56. The summed E-state index contributed by atoms with van der Waals surface area (Å²) in [5.41, 5.74) is 2.02. The first-order valence-electron chi connectivity index (χ1n) is 7.49. The minimum atomic E-state index is -0.0956. The van der Waals surface area contributed by atoms with Gasteiger partial charge in [0.15, 0.2) is 0 Å². The molecule has 2 aromatic rings. The molecule has 0 spiro atoms. The van der Waals surface area contributed by atoms with Crippen LogP contribution in [0.25, 0.3) is 11.0 Å². The lowest BCUT2D eigenvalue weighted by Crippen LogP contribution is -2.12. The molecule has 108 valence electrons. The van der Waals surface area contributed by atoms with Gasteiger partial charge in [-0.05, 0) is 31.9 Å². The molecular weight excluding hydrogens is 291 g/mol. The van der Waals surface area contributed by atoms with E-state index in [1.807, 2.05) is 19.1 Å². The molecule has 0 N–H and O–H groups in total. The molecule has 4 heteroatoms. The highest BCUT2D eigenvalue weighted by Gasteiger charge is 2.23. The van der Waals surface area contributed by atoms with Crippen molar-refractivity contribution in [2.24, 2.45) is 0 Å². The Kier molecular flexibility index (Phi) is 4.23. The molecule has 1 aromatic heterocycles. The fourth-order valence-electron chi connectivity index (χ4n) is 3.28. The van der Waals surface area contributed by atoms with E-state index in [2.05, 4.69) is 10.6 Å². The maximum atomic E-state index is 6.37. The molecule has 0 saturated heterocycles. The van der Waals surface area contributed by atoms with E-state index in [9.17, 15) is 0 Å². The van der Waals surface area contributed by atoms with Gasteiger partial charge >= 0.3 is 0 Å². The minimum absolute atomic E-state index is 0.0956. The zero-order chi connectivity index (χ0) is 14.1. The van der Waals surface area contributed by atoms with Crippen molar-refractivity contribution in [1.82, 2.24) is 9.55 Å². The Labute approximate surface area is 130 Å². The van der Waals surface area contributed by atoms with Crippen LogP contribution in [-0.4, -0.2) is 9.55 Å². The first kappa shape index (κ1) is 14.2. The third-order valence-electron chi connectivity index (χ3n) is 4.24. The van der Waals surface area contributed by atoms with Gasteiger partial charge in [-0.3, -0.25) is 0 Å². The summed E-state index contributed by atoms with van der Waals surface area (Å²) in [4.78, 5) is 4.72. The van der Waals surface area contributed by atoms with E-state index in [-0.39, 0.29) is 5.38 Å². The molecule has 1 atom stereocenters. The van der Waals surface area contributed by atoms with Gasteiger partial charge in [-0.2, -0.15) is 0 Å². The maximum absolute atomic E-state index is 6.37. The summed E-state index contributed by atoms with van der Waals surface area (Å²) >= 11 is 12.7. The number of imidazole rings is 1. The van der Waals surface area contributed by atoms with Gasteiger partial charge in [0.05, 0.1) is 15.9 Å². The molecule has 1 aromatic carbocycles. The molecule has 20 heavy (non-hydrogen) atoms. The average Bonchev–Trinajstić information content (AvgIpc) is 2.63. The number of halogens is 2. The number of hydrogen-bond donors (Lipinski definition) is 0. The van der Waals surface area contributed by atoms with Crippen LogP contribution < -0.4 is 0 Å². The fourth-order valence-corrected chi connectivity index (χ4v) is 3.65. The van der Waals surface area contributed by atoms with Crippen LogP contribution in [0.4, 0.5) is 0 Å². The van der Waals surface area contributed by atoms with E-state index >= 15 is 0 Å². The van der Waals surface area contributed by atoms with Gasteiger partial charge in [0.2, 0.25) is 0 Å². The second kappa shape index (κ2) is 5.95. The Bertz CT molecular complexity index is 596. The van der Waals surface area contributed by atoms with E-state index in [1.165, 1.54) is 38.5 Å². The van der Waals surface area contributed by atoms with Crippen LogP contribution in [0, 0.1) is 0 Å². The number of hydrogen-bond acceptors (Lipinski definition) is 1. The van der Waals surface area contributed by atoms with E-state index in [0.717, 1.165) is 16.9 Å². The number of rotatable bonds is 2. The van der Waals surface area contributed by atoms with Gasteiger partial charge in [-0.1, -0.05) is 43.4 Å². The van der Waals surface area contributed by atoms with Crippen molar-refractivity contribution in [3.63, 3.8) is 0 Å². The summed E-state index contributed by atoms with van der Waals surface area (Å²) in [6, 6.07) is 6.53. The molecule has 3 rings (SSSR count). The molecule has 1 saturated carbocycles. The van der Waals surface area contributed by atoms with E-state index in [0.29, 0.717) is 11.1 Å². The first-order valence-corrected chi connectivity index (χ1v) is 8.30. The van der Waals surface area contributed by atoms with Crippen molar-refractivity contribution in [3.05, 3.63) is 29.0 Å². The van der Waals surface area contributed by atoms with Crippen molar-refractivity contribution in [1.29, 1.82) is 0 Å². The predicted molar refractivity (Wildman–Crippen MR) is 85.8 cm³/mol. The topological polar surface area (TPSA) is 17.8 Å². The van der Waals surface area contributed by atoms with Crippen LogP contribution in [0.5, 0.6) is 0 Å². The van der Waals surface area contributed by atoms with Gasteiger partial charge in [-0.15, -0.1) is 11.6 Å². The molecule has 1 fully saturated rings. The molecule has 0 amide bonds. The van der Waals surface area contributed by atoms with Gasteiger partial charge in [0.1, 0.15) is 11.3 Å². The second-order valence-corrected chi connectivity index (χ2v) is 6.77. The first-order chi connectivity index (χ1) is 9.68. The molecule has 1 aliphatic rings. The SMILES string of the molecule is CC(Cl)c1nc2c(Cl)cccc2n1C1CCCCCC1. The van der Waals surface area contributed by atoms with Crippen LogP contribution in [0.1, 0.15) is 62.7 Å². The van der Waals surface area contributed by atoms with Gasteiger partial charge in [0.25, 0.3) is 0 Å². The molecule has 0 bridgehead atoms. The molecular formula is C16H20Cl2N2. The molecule has 1 heterocycles. The number of nitrogens with zero attached hydrogens (tertiary/aromatic N) is 2. The Balaban J connectivity index is 2.15. The minimum Gasteiger partial charge on any atom is -0.324 e. The Morgan fingerprint density at radius 1 is 1.20 bits per heavy atom. The smallest absolute Gasteiger partial charge is 0.128 e. The van der Waals surface area contributed by atoms with Crippen molar-refractivity contribution in [3.8, 4) is 0 Å². The number of benzene rings is 1. The van der Waals surface area contributed by atoms with Crippen LogP contribution in [0.3, 0.4) is 0 Å². The summed E-state index contributed by atoms with van der Waals surface area (Å²) in [6.07, 6.45) is 7.70. The fraction of sp³-hybridized carbons (Fsp3) is 0.562. The lowest BCUT2D eigenvalue weighted by Gasteiger charge is -2.21. The zero-order valence-corrected chi connectivity index (χ0v) is 13.3. The molecule has 2 nitrogen and oxygen atoms in total. The highest BCUT2D eigenvalue weighted by molar-refractivity contribution is 6.35. The largest absolute Gasteiger partial charge is 0.324 e. The quantitative estimate of drug-likeness (QED) is 0.500. The van der Waals surface area contributed by atoms with Crippen LogP contribution in [0.2, 0.25) is 5.02 Å². The highest BCUT2D eigenvalue weighted by atomic mass is 35.5. The summed E-state index contributed by atoms with van der Waals surface area (Å²) in [5.74, 6) is 0.960. The number of para-hydroxylation sites is 1. The Hall–Kier alpha value is -0.730. The number of aromatic nitrogens is 2. The standard InChI is InChI=1S/C16H20Cl2N2/c1-11(17)16-19-15-13(18)9-6-10-14(15)20(16)12-7-4-2-3-5-8-12/h6,9-12H,2-5,7-8H2,1H3. The predicted octanol–water partition coefficient (Wildman–Crippen LogP) is 5.88. The van der Waals surface area contributed by atoms with Crippen molar-refractivity contribution >= 4 is 34.2 Å². The van der Waals surface area contributed by atoms with E-state index in [1.54, 1.807) is 0 Å². The van der Waals surface area contributed by atoms with Crippen molar-refractivity contribution in [2.45, 2.75) is 56.9 Å². The monoisotopic (exact) mass is 310 g/mol. The highest BCUT2D eigenvalue weighted by Crippen LogP contribution is 2.36. The molecule has 0 radical (unpaired) electrons. The second-order valence-electron chi connectivity index (χ2n) is 5.71. The van der Waals surface area contributed by atoms with Gasteiger partial charge in [0, 0.05) is 6.04 Å². The zero-order valence-electron chi connectivity index (χ0n) is 11.8. The Morgan fingerprint density at radius 2 is 1.90 bits per heavy atom. The van der Waals surface area contributed by atoms with Crippen molar-refractivity contribution in [2.75, 3.05) is 0 Å². The Morgan fingerprint density at radius 3 is 2.55 bits per heavy atom. The average molecular weight is 311 g/mol. The molecule has 1 aliphatic carbocycles. The third-order valence-corrected chi connectivity index (χ3v) is 4.74. The van der Waals surface area contributed by atoms with Crippen molar-refractivity contribution < 1.29 is 0 Å². The normalized spacial score (nSPS) is 19.1. The number of fused-ring (bicyclic) bond motifs is 1. The lowest BCUT2D eigenvalue weighted by molar-refractivity contribution is 0.440. The van der Waals surface area contributed by atoms with Gasteiger partial charge in [-0.25, -0.2) is 4.98 Å². The summed E-state index contributed by atoms with van der Waals surface area (Å²) in [5, 5.41) is 0.621. The molecule has 1 unspecified atom stereocenters. The van der Waals surface area contributed by atoms with Gasteiger partial charge < -0.3 is 4.57 Å². The van der Waals surface area contributed by atoms with Crippen LogP contribution >= 0.6 is 23.2 Å². The van der Waals surface area contributed by atoms with E-state index in [4.69, 9.17) is 28.2 Å². The maximum Gasteiger partial charge on any atom is 0.128 e. The molecule has 0 aliphatic heterocycles.